The summed E-state index contributed by atoms with van der Waals surface area (Å²) < 4.78 is 0. The number of hydrogen-bond acceptors (Lipinski definition) is 15. The number of carbonyl (C=O) groups is 11. The predicted molar refractivity (Wildman–Crippen MR) is 272 cm³/mol. The number of H-pyrrole nitrogens is 1. The van der Waals surface area contributed by atoms with Crippen molar-refractivity contribution in [3.05, 3.63) is 48.0 Å². The van der Waals surface area contributed by atoms with Gasteiger partial charge in [-0.05, 0) is 75.0 Å². The molecule has 9 amide bonds. The summed E-state index contributed by atoms with van der Waals surface area (Å²) in [5.41, 5.74) is 12.0. The molecule has 2 rings (SSSR count). The number of aromatic nitrogens is 2. The fraction of sp³-hybridized carbons (Fsp3) is 0.592. The number of aromatic hydroxyl groups is 1. The molecule has 0 radical (unpaired) electrons. The number of carboxylic acid groups (broad SMARTS) is 2. The smallest absolute Gasteiger partial charge is 0.325 e. The topological polar surface area (TPSA) is 446 Å². The zero-order valence-corrected chi connectivity index (χ0v) is 44.0. The Morgan fingerprint density at radius 1 is 0.566 bits per heavy atom. The van der Waals surface area contributed by atoms with Gasteiger partial charge in [0.1, 0.15) is 54.1 Å². The number of phenols is 1. The quantitative estimate of drug-likeness (QED) is 0.0350. The summed E-state index contributed by atoms with van der Waals surface area (Å²) in [5.74, 6) is -12.0. The molecule has 2 aromatic rings. The lowest BCUT2D eigenvalue weighted by Crippen LogP contribution is -2.62. The van der Waals surface area contributed by atoms with Crippen molar-refractivity contribution >= 4 is 65.1 Å². The average Bonchev–Trinajstić information content (AvgIpc) is 3.84. The Kier molecular flexibility index (Phi) is 26.5. The van der Waals surface area contributed by atoms with Crippen LogP contribution in [0.3, 0.4) is 0 Å². The molecule has 0 aliphatic rings. The molecule has 0 saturated carbocycles. The molecular formula is C49H76N12O15. The molecule has 1 heterocycles. The number of nitrogens with two attached hydrogens (primary N) is 2. The Morgan fingerprint density at radius 2 is 1.03 bits per heavy atom. The molecule has 422 valence electrons. The second-order valence-corrected chi connectivity index (χ2v) is 19.8. The van der Waals surface area contributed by atoms with Gasteiger partial charge in [-0.25, -0.2) is 4.98 Å². The van der Waals surface area contributed by atoms with Gasteiger partial charge in [0.05, 0.1) is 18.5 Å². The second-order valence-electron chi connectivity index (χ2n) is 19.8. The summed E-state index contributed by atoms with van der Waals surface area (Å²) in [6, 6.07) is -7.22. The maximum atomic E-state index is 14.4. The lowest BCUT2D eigenvalue weighted by molar-refractivity contribution is -0.142. The summed E-state index contributed by atoms with van der Waals surface area (Å²) >= 11 is 0. The van der Waals surface area contributed by atoms with E-state index in [2.05, 4.69) is 52.5 Å². The van der Waals surface area contributed by atoms with Gasteiger partial charge in [-0.2, -0.15) is 0 Å². The van der Waals surface area contributed by atoms with E-state index in [-0.39, 0.29) is 56.1 Å². The van der Waals surface area contributed by atoms with Crippen LogP contribution in [0.25, 0.3) is 0 Å². The van der Waals surface area contributed by atoms with Crippen molar-refractivity contribution in [3.8, 4) is 5.75 Å². The van der Waals surface area contributed by atoms with E-state index in [1.165, 1.54) is 36.8 Å². The highest BCUT2D eigenvalue weighted by molar-refractivity contribution is 5.98. The Bertz CT molecular complexity index is 2310. The first-order valence-electron chi connectivity index (χ1n) is 24.8. The molecule has 0 spiro atoms. The molecule has 27 heteroatoms. The Labute approximate surface area is 440 Å². The predicted octanol–water partition coefficient (Wildman–Crippen LogP) is -2.53. The number of imidazole rings is 1. The van der Waals surface area contributed by atoms with Crippen LogP contribution >= 0.6 is 0 Å². The number of carbonyl (C=O) groups excluding carboxylic acids is 9. The van der Waals surface area contributed by atoms with Gasteiger partial charge in [-0.15, -0.1) is 0 Å². The molecule has 0 aliphatic carbocycles. The molecule has 27 nitrogen and oxygen atoms in total. The van der Waals surface area contributed by atoms with E-state index in [4.69, 9.17) is 11.5 Å². The van der Waals surface area contributed by atoms with Crippen LogP contribution in [0.4, 0.5) is 0 Å². The SMILES string of the molecule is CC(C)C[C@H](NC(=O)[C@@H](NC(=O)[C@H](Cc1cnc[nH]1)NC(=O)[C@H](Cc1ccc(O)cc1)NC(=O)[C@H](CC(C)C)NC(=O)[C@@H](N)CCC(N)=O)C(C)C)C(=O)N[C@@H](CCC(=O)O)C(=O)N[C@H](C(=O)N[C@@H](C)C(=O)O)[C@@H](C)O. The number of carboxylic acids is 2. The number of aromatic amines is 1. The van der Waals surface area contributed by atoms with Crippen LogP contribution in [0.5, 0.6) is 5.75 Å². The fourth-order valence-electron chi connectivity index (χ4n) is 7.44. The monoisotopic (exact) mass is 1070 g/mol. The minimum Gasteiger partial charge on any atom is -0.508 e. The number of nitrogens with zero attached hydrogens (tertiary/aromatic N) is 1. The van der Waals surface area contributed by atoms with Gasteiger partial charge >= 0.3 is 11.9 Å². The number of aliphatic hydroxyl groups excluding tert-OH is 1. The standard InChI is InChI=1S/C49H76N12O15/c1-23(2)17-33(56-41(67)31(50)13-15-37(51)64)44(70)57-35(19-28-9-11-30(63)12-10-28)45(71)58-36(20-29-21-52-22-53-29)46(72)60-39(25(5)6)47(73)59-34(18-24(3)4)43(69)55-32(14-16-38(65)66)42(68)61-40(27(8)62)48(74)54-26(7)49(75)76/h9-12,21-27,31-36,39-40,62-63H,13-20,50H2,1-8H3,(H2,51,64)(H,52,53)(H,54,74)(H,55,69)(H,56,67)(H,57,70)(H,58,71)(H,59,73)(H,60,72)(H,61,68)(H,65,66)(H,75,76)/t26-,27+,31-,32-,33-,34-,35-,36-,39-,40-/m0/s1. The van der Waals surface area contributed by atoms with Crippen LogP contribution in [-0.2, 0) is 65.6 Å². The van der Waals surface area contributed by atoms with Crippen molar-refractivity contribution in [3.63, 3.8) is 0 Å². The first-order valence-corrected chi connectivity index (χ1v) is 24.8. The third-order valence-corrected chi connectivity index (χ3v) is 11.7. The Balaban J connectivity index is 2.49. The van der Waals surface area contributed by atoms with Gasteiger partial charge in [0.25, 0.3) is 0 Å². The summed E-state index contributed by atoms with van der Waals surface area (Å²) in [6.07, 6.45) is -0.696. The summed E-state index contributed by atoms with van der Waals surface area (Å²) in [5, 5.41) is 58.9. The third kappa shape index (κ3) is 22.8. The van der Waals surface area contributed by atoms with E-state index in [1.807, 2.05) is 0 Å². The normalized spacial score (nSPS) is 15.2. The highest BCUT2D eigenvalue weighted by Gasteiger charge is 2.37. The van der Waals surface area contributed by atoms with E-state index in [0.717, 1.165) is 13.8 Å². The Hall–Kier alpha value is -7.68. The largest absolute Gasteiger partial charge is 0.508 e. The van der Waals surface area contributed by atoms with Crippen LogP contribution in [0.15, 0.2) is 36.8 Å². The highest BCUT2D eigenvalue weighted by atomic mass is 16.4. The molecule has 1 aromatic heterocycles. The van der Waals surface area contributed by atoms with Gasteiger partial charge in [0.15, 0.2) is 0 Å². The molecule has 0 bridgehead atoms. The molecule has 17 N–H and O–H groups in total. The van der Waals surface area contributed by atoms with Crippen LogP contribution in [0.1, 0.15) is 105 Å². The second kappa shape index (κ2) is 31.3. The van der Waals surface area contributed by atoms with Crippen molar-refractivity contribution in [1.29, 1.82) is 0 Å². The maximum Gasteiger partial charge on any atom is 0.325 e. The number of phenolic OH excluding ortho intramolecular Hbond substituents is 1. The zero-order valence-electron chi connectivity index (χ0n) is 44.0. The van der Waals surface area contributed by atoms with Crippen molar-refractivity contribution in [2.45, 2.75) is 167 Å². The van der Waals surface area contributed by atoms with E-state index in [9.17, 15) is 73.2 Å². The summed E-state index contributed by atoms with van der Waals surface area (Å²) in [7, 11) is 0. The van der Waals surface area contributed by atoms with E-state index < -0.39 is 144 Å². The van der Waals surface area contributed by atoms with Gasteiger partial charge in [-0.3, -0.25) is 52.7 Å². The molecule has 1 aromatic carbocycles. The third-order valence-electron chi connectivity index (χ3n) is 11.7. The van der Waals surface area contributed by atoms with Gasteiger partial charge in [0, 0.05) is 37.6 Å². The van der Waals surface area contributed by atoms with E-state index in [1.54, 1.807) is 41.5 Å². The number of aliphatic carboxylic acids is 2. The van der Waals surface area contributed by atoms with Gasteiger partial charge in [-0.1, -0.05) is 53.7 Å². The summed E-state index contributed by atoms with van der Waals surface area (Å²) in [6.45, 7) is 12.5. The molecule has 0 saturated heterocycles. The summed E-state index contributed by atoms with van der Waals surface area (Å²) in [4.78, 5) is 152. The number of benzene rings is 1. The Morgan fingerprint density at radius 3 is 1.50 bits per heavy atom. The van der Waals surface area contributed by atoms with Crippen molar-refractivity contribution in [2.75, 3.05) is 0 Å². The number of primary amides is 1. The van der Waals surface area contributed by atoms with E-state index in [0.29, 0.717) is 11.3 Å². The molecule has 10 atom stereocenters. The van der Waals surface area contributed by atoms with Crippen LogP contribution in [0, 0.1) is 17.8 Å². The van der Waals surface area contributed by atoms with Crippen LogP contribution in [-0.4, -0.2) is 156 Å². The van der Waals surface area contributed by atoms with Crippen LogP contribution < -0.4 is 54.0 Å². The number of rotatable bonds is 33. The van der Waals surface area contributed by atoms with E-state index >= 15 is 0 Å². The molecule has 76 heavy (non-hydrogen) atoms. The average molecular weight is 1070 g/mol. The first-order chi connectivity index (χ1) is 35.5. The van der Waals surface area contributed by atoms with Gasteiger partial charge in [0.2, 0.25) is 53.2 Å². The number of amides is 9. The number of nitrogens with one attached hydrogen (secondary N) is 9. The lowest BCUT2D eigenvalue weighted by atomic mass is 9.98. The minimum absolute atomic E-state index is 0.0498. The fourth-order valence-corrected chi connectivity index (χ4v) is 7.44. The van der Waals surface area contributed by atoms with Crippen molar-refractivity contribution in [2.24, 2.45) is 29.2 Å². The maximum absolute atomic E-state index is 14.4. The first kappa shape index (κ1) is 64.4. The van der Waals surface area contributed by atoms with Crippen LogP contribution in [0.2, 0.25) is 0 Å². The minimum atomic E-state index is -1.74. The molecule has 0 unspecified atom stereocenters. The highest BCUT2D eigenvalue weighted by Crippen LogP contribution is 2.15. The zero-order chi connectivity index (χ0) is 57.6. The molecular weight excluding hydrogens is 997 g/mol. The van der Waals surface area contributed by atoms with Crippen molar-refractivity contribution < 1.29 is 73.2 Å². The molecule has 0 aliphatic heterocycles. The van der Waals surface area contributed by atoms with Gasteiger partial charge < -0.3 is 79.4 Å². The number of hydrogen-bond donors (Lipinski definition) is 15. The van der Waals surface area contributed by atoms with Crippen molar-refractivity contribution in [1.82, 2.24) is 52.5 Å². The number of aliphatic hydroxyl groups is 1. The lowest BCUT2D eigenvalue weighted by Gasteiger charge is -2.30. The molecule has 0 fully saturated rings.